The Labute approximate surface area is 106 Å². The Balaban J connectivity index is 2.20. The quantitative estimate of drug-likeness (QED) is 0.833. The van der Waals surface area contributed by atoms with E-state index in [-0.39, 0.29) is 0 Å². The summed E-state index contributed by atoms with van der Waals surface area (Å²) >= 11 is 0. The van der Waals surface area contributed by atoms with Crippen LogP contribution in [0.25, 0.3) is 0 Å². The first-order valence-corrected chi connectivity index (χ1v) is 5.60. The summed E-state index contributed by atoms with van der Waals surface area (Å²) in [5.41, 5.74) is 0.855. The van der Waals surface area contributed by atoms with E-state index in [2.05, 4.69) is 10.9 Å². The van der Waals surface area contributed by atoms with Crippen LogP contribution in [0.5, 0.6) is 11.6 Å². The summed E-state index contributed by atoms with van der Waals surface area (Å²) in [6, 6.07) is 12.9. The van der Waals surface area contributed by atoms with Crippen molar-refractivity contribution in [1.82, 2.24) is 4.98 Å². The third-order valence-electron chi connectivity index (χ3n) is 2.43. The number of aliphatic hydroxyl groups is 1. The molecular weight excluding hydrogens is 226 g/mol. The van der Waals surface area contributed by atoms with Crippen molar-refractivity contribution in [2.75, 3.05) is 0 Å². The van der Waals surface area contributed by atoms with E-state index in [1.807, 2.05) is 36.4 Å². The molecule has 3 heteroatoms. The number of aliphatic hydroxyl groups excluding tert-OH is 1. The van der Waals surface area contributed by atoms with Crippen molar-refractivity contribution in [3.05, 3.63) is 54.2 Å². The maximum atomic E-state index is 9.49. The minimum atomic E-state index is -0.807. The molecule has 1 N–H and O–H groups in total. The van der Waals surface area contributed by atoms with Gasteiger partial charge in [-0.25, -0.2) is 4.98 Å². The number of rotatable bonds is 4. The molecule has 90 valence electrons. The molecule has 0 aliphatic carbocycles. The number of pyridine rings is 1. The zero-order valence-electron chi connectivity index (χ0n) is 9.78. The molecule has 0 fully saturated rings. The second kappa shape index (κ2) is 5.85. The summed E-state index contributed by atoms with van der Waals surface area (Å²) in [5, 5.41) is 9.49. The van der Waals surface area contributed by atoms with E-state index < -0.39 is 6.10 Å². The number of para-hydroxylation sites is 1. The Hall–Kier alpha value is -2.31. The molecule has 2 rings (SSSR count). The minimum Gasteiger partial charge on any atom is -0.439 e. The van der Waals surface area contributed by atoms with Crippen molar-refractivity contribution < 1.29 is 9.84 Å². The highest BCUT2D eigenvalue weighted by Crippen LogP contribution is 2.24. The molecule has 1 atom stereocenters. The largest absolute Gasteiger partial charge is 0.439 e. The third-order valence-corrected chi connectivity index (χ3v) is 2.43. The lowest BCUT2D eigenvalue weighted by molar-refractivity contribution is 0.232. The van der Waals surface area contributed by atoms with E-state index in [0.29, 0.717) is 18.1 Å². The minimum absolute atomic E-state index is 0.361. The normalized spacial score (nSPS) is 11.6. The first kappa shape index (κ1) is 12.2. The lowest BCUT2D eigenvalue weighted by atomic mass is 10.1. The van der Waals surface area contributed by atoms with Gasteiger partial charge < -0.3 is 9.84 Å². The van der Waals surface area contributed by atoms with Crippen molar-refractivity contribution >= 4 is 0 Å². The van der Waals surface area contributed by atoms with Crippen molar-refractivity contribution in [3.8, 4) is 24.0 Å². The van der Waals surface area contributed by atoms with Crippen LogP contribution in [-0.4, -0.2) is 16.2 Å². The number of hydrogen-bond donors (Lipinski definition) is 1. The van der Waals surface area contributed by atoms with E-state index in [0.717, 1.165) is 5.56 Å². The Kier molecular flexibility index (Phi) is 3.95. The van der Waals surface area contributed by atoms with Crippen molar-refractivity contribution in [2.24, 2.45) is 0 Å². The van der Waals surface area contributed by atoms with Crippen LogP contribution in [0.3, 0.4) is 0 Å². The van der Waals surface area contributed by atoms with Gasteiger partial charge in [0.15, 0.2) is 0 Å². The SMILES string of the molecule is C#CC(O)Cc1ccccc1Oc1ccccn1. The molecule has 3 nitrogen and oxygen atoms in total. The number of benzene rings is 1. The summed E-state index contributed by atoms with van der Waals surface area (Å²) < 4.78 is 5.66. The van der Waals surface area contributed by atoms with Crippen LogP contribution in [0.15, 0.2) is 48.7 Å². The molecule has 18 heavy (non-hydrogen) atoms. The molecule has 1 heterocycles. The molecule has 0 aliphatic heterocycles. The van der Waals surface area contributed by atoms with Crippen LogP contribution in [0.4, 0.5) is 0 Å². The fourth-order valence-corrected chi connectivity index (χ4v) is 1.56. The molecule has 0 saturated carbocycles. The van der Waals surface area contributed by atoms with E-state index in [4.69, 9.17) is 11.2 Å². The molecule has 0 aliphatic rings. The first-order valence-electron chi connectivity index (χ1n) is 5.60. The van der Waals surface area contributed by atoms with Gasteiger partial charge in [-0.3, -0.25) is 0 Å². The summed E-state index contributed by atoms with van der Waals surface area (Å²) in [5.74, 6) is 3.46. The number of nitrogens with zero attached hydrogens (tertiary/aromatic N) is 1. The molecule has 0 spiro atoms. The highest BCUT2D eigenvalue weighted by molar-refractivity contribution is 5.37. The monoisotopic (exact) mass is 239 g/mol. The van der Waals surface area contributed by atoms with Crippen molar-refractivity contribution in [3.63, 3.8) is 0 Å². The molecule has 0 bridgehead atoms. The highest BCUT2D eigenvalue weighted by atomic mass is 16.5. The Morgan fingerprint density at radius 3 is 2.72 bits per heavy atom. The van der Waals surface area contributed by atoms with Crippen LogP contribution in [0.2, 0.25) is 0 Å². The fraction of sp³-hybridized carbons (Fsp3) is 0.133. The van der Waals surface area contributed by atoms with E-state index in [9.17, 15) is 5.11 Å². The maximum Gasteiger partial charge on any atom is 0.219 e. The van der Waals surface area contributed by atoms with E-state index >= 15 is 0 Å². The van der Waals surface area contributed by atoms with Gasteiger partial charge in [0.25, 0.3) is 0 Å². The fourth-order valence-electron chi connectivity index (χ4n) is 1.56. The molecule has 1 aromatic heterocycles. The lowest BCUT2D eigenvalue weighted by Crippen LogP contribution is -2.07. The number of hydrogen-bond acceptors (Lipinski definition) is 3. The molecule has 0 saturated heterocycles. The predicted octanol–water partition coefficient (Wildman–Crippen LogP) is 2.41. The zero-order valence-corrected chi connectivity index (χ0v) is 9.78. The van der Waals surface area contributed by atoms with Gasteiger partial charge >= 0.3 is 0 Å². The summed E-state index contributed by atoms with van der Waals surface area (Å²) in [4.78, 5) is 4.09. The van der Waals surface area contributed by atoms with Crippen LogP contribution >= 0.6 is 0 Å². The van der Waals surface area contributed by atoms with Crippen molar-refractivity contribution in [2.45, 2.75) is 12.5 Å². The molecule has 2 aromatic rings. The lowest BCUT2D eigenvalue weighted by Gasteiger charge is -2.11. The van der Waals surface area contributed by atoms with Crippen LogP contribution in [-0.2, 0) is 6.42 Å². The van der Waals surface area contributed by atoms with E-state index in [1.54, 1.807) is 12.3 Å². The van der Waals surface area contributed by atoms with Gasteiger partial charge in [0.2, 0.25) is 5.88 Å². The smallest absolute Gasteiger partial charge is 0.219 e. The summed E-state index contributed by atoms with van der Waals surface area (Å²) in [7, 11) is 0. The molecule has 1 aromatic carbocycles. The molecule has 0 radical (unpaired) electrons. The maximum absolute atomic E-state index is 9.49. The first-order chi connectivity index (χ1) is 8.79. The van der Waals surface area contributed by atoms with Gasteiger partial charge in [-0.1, -0.05) is 30.2 Å². The van der Waals surface area contributed by atoms with Crippen molar-refractivity contribution in [1.29, 1.82) is 0 Å². The predicted molar refractivity (Wildman–Crippen MR) is 69.3 cm³/mol. The van der Waals surface area contributed by atoms with Gasteiger partial charge in [-0.15, -0.1) is 6.42 Å². The summed E-state index contributed by atoms with van der Waals surface area (Å²) in [6.07, 6.45) is 6.38. The number of terminal acetylenes is 1. The Morgan fingerprint density at radius 1 is 1.22 bits per heavy atom. The zero-order chi connectivity index (χ0) is 12.8. The van der Waals surface area contributed by atoms with Crippen LogP contribution in [0.1, 0.15) is 5.56 Å². The average Bonchev–Trinajstić information content (AvgIpc) is 2.42. The second-order valence-corrected chi connectivity index (χ2v) is 3.76. The van der Waals surface area contributed by atoms with Gasteiger partial charge in [0.1, 0.15) is 11.9 Å². The van der Waals surface area contributed by atoms with E-state index in [1.165, 1.54) is 0 Å². The van der Waals surface area contributed by atoms with Gasteiger partial charge in [-0.2, -0.15) is 0 Å². The number of aromatic nitrogens is 1. The van der Waals surface area contributed by atoms with Gasteiger partial charge in [0, 0.05) is 18.7 Å². The third kappa shape index (κ3) is 3.09. The molecular formula is C15H13NO2. The summed E-state index contributed by atoms with van der Waals surface area (Å²) in [6.45, 7) is 0. The molecule has 1 unspecified atom stereocenters. The van der Waals surface area contributed by atoms with Crippen LogP contribution < -0.4 is 4.74 Å². The topological polar surface area (TPSA) is 42.4 Å². The van der Waals surface area contributed by atoms with Gasteiger partial charge in [-0.05, 0) is 17.7 Å². The highest BCUT2D eigenvalue weighted by Gasteiger charge is 2.08. The molecule has 0 amide bonds. The van der Waals surface area contributed by atoms with Crippen LogP contribution in [0, 0.1) is 12.3 Å². The Bertz CT molecular complexity index is 546. The Morgan fingerprint density at radius 2 is 2.00 bits per heavy atom. The number of ether oxygens (including phenoxy) is 1. The van der Waals surface area contributed by atoms with Gasteiger partial charge in [0.05, 0.1) is 0 Å². The second-order valence-electron chi connectivity index (χ2n) is 3.76. The average molecular weight is 239 g/mol. The standard InChI is InChI=1S/C15H13NO2/c1-2-13(17)11-12-7-3-4-8-14(12)18-15-9-5-6-10-16-15/h1,3-10,13,17H,11H2.